The van der Waals surface area contributed by atoms with Gasteiger partial charge in [0.05, 0.1) is 4.88 Å². The minimum Gasteiger partial charge on any atom is -0.382 e. The van der Waals surface area contributed by atoms with Crippen LogP contribution in [0.5, 0.6) is 0 Å². The van der Waals surface area contributed by atoms with Gasteiger partial charge in [0.15, 0.2) is 11.5 Å². The molecule has 0 fully saturated rings. The number of nitrogen functional groups attached to an aromatic ring is 1. The van der Waals surface area contributed by atoms with Gasteiger partial charge in [-0.1, -0.05) is 6.42 Å². The molecule has 0 bridgehead atoms. The van der Waals surface area contributed by atoms with Crippen molar-refractivity contribution < 1.29 is 9.59 Å². The van der Waals surface area contributed by atoms with Crippen molar-refractivity contribution in [1.82, 2.24) is 20.8 Å². The zero-order valence-electron chi connectivity index (χ0n) is 12.5. The van der Waals surface area contributed by atoms with E-state index in [1.54, 1.807) is 0 Å². The molecule has 120 valence electrons. The second kappa shape index (κ2) is 6.74. The van der Waals surface area contributed by atoms with Gasteiger partial charge in [0, 0.05) is 17.3 Å². The Hall–Kier alpha value is -2.48. The molecule has 3 rings (SSSR count). The highest BCUT2D eigenvalue weighted by atomic mass is 32.1. The van der Waals surface area contributed by atoms with Crippen LogP contribution < -0.4 is 16.6 Å². The Labute approximate surface area is 137 Å². The van der Waals surface area contributed by atoms with Crippen molar-refractivity contribution in [1.29, 1.82) is 0 Å². The number of aromatic nitrogens is 2. The second-order valence-corrected chi connectivity index (χ2v) is 6.45. The van der Waals surface area contributed by atoms with Crippen molar-refractivity contribution in [3.63, 3.8) is 0 Å². The summed E-state index contributed by atoms with van der Waals surface area (Å²) in [5, 5.41) is 0. The normalized spacial score (nSPS) is 13.7. The summed E-state index contributed by atoms with van der Waals surface area (Å²) in [6.45, 7) is 0. The van der Waals surface area contributed by atoms with E-state index in [1.807, 2.05) is 6.07 Å². The number of anilines is 1. The number of hydrogen-bond acceptors (Lipinski definition) is 6. The minimum absolute atomic E-state index is 0.0158. The third-order valence-corrected chi connectivity index (χ3v) is 4.94. The molecule has 7 nitrogen and oxygen atoms in total. The molecule has 0 saturated heterocycles. The summed E-state index contributed by atoms with van der Waals surface area (Å²) < 4.78 is 0. The number of nitrogens with two attached hydrogens (primary N) is 1. The molecule has 0 atom stereocenters. The maximum atomic E-state index is 12.2. The lowest BCUT2D eigenvalue weighted by Crippen LogP contribution is -2.42. The molecule has 2 amide bonds. The highest BCUT2D eigenvalue weighted by molar-refractivity contribution is 7.14. The Balaban J connectivity index is 1.64. The molecule has 0 aromatic carbocycles. The molecule has 8 heteroatoms. The van der Waals surface area contributed by atoms with E-state index in [-0.39, 0.29) is 17.4 Å². The quantitative estimate of drug-likeness (QED) is 0.570. The molecule has 0 unspecified atom stereocenters. The average Bonchev–Trinajstić information content (AvgIpc) is 2.84. The van der Waals surface area contributed by atoms with Gasteiger partial charge in [-0.2, -0.15) is 0 Å². The predicted molar refractivity (Wildman–Crippen MR) is 87.0 cm³/mol. The van der Waals surface area contributed by atoms with Gasteiger partial charge in [0.25, 0.3) is 11.8 Å². The number of rotatable bonds is 2. The molecule has 1 aliphatic rings. The number of carbonyl (C=O) groups is 2. The molecule has 0 aliphatic heterocycles. The van der Waals surface area contributed by atoms with Gasteiger partial charge in [-0.3, -0.25) is 20.4 Å². The number of nitrogens with zero attached hydrogens (tertiary/aromatic N) is 2. The number of hydrazine groups is 1. The molecule has 0 radical (unpaired) electrons. The Morgan fingerprint density at radius 1 is 1.04 bits per heavy atom. The molecule has 23 heavy (non-hydrogen) atoms. The van der Waals surface area contributed by atoms with Crippen LogP contribution in [-0.2, 0) is 12.8 Å². The van der Waals surface area contributed by atoms with E-state index in [9.17, 15) is 9.59 Å². The van der Waals surface area contributed by atoms with Crippen LogP contribution in [0.15, 0.2) is 18.5 Å². The smallest absolute Gasteiger partial charge is 0.292 e. The van der Waals surface area contributed by atoms with Gasteiger partial charge in [0.2, 0.25) is 0 Å². The van der Waals surface area contributed by atoms with Crippen LogP contribution in [0.1, 0.15) is 49.9 Å². The number of amides is 2. The van der Waals surface area contributed by atoms with E-state index in [0.717, 1.165) is 25.7 Å². The summed E-state index contributed by atoms with van der Waals surface area (Å²) in [6, 6.07) is 1.92. The molecular weight excluding hydrogens is 314 g/mol. The molecule has 0 saturated carbocycles. The van der Waals surface area contributed by atoms with Crippen molar-refractivity contribution in [2.75, 3.05) is 5.73 Å². The maximum Gasteiger partial charge on any atom is 0.292 e. The number of nitrogens with one attached hydrogen (secondary N) is 2. The Kier molecular flexibility index (Phi) is 4.52. The number of carbonyl (C=O) groups excluding carboxylic acids is 2. The number of aryl methyl sites for hydroxylation is 2. The molecule has 4 N–H and O–H groups in total. The third-order valence-electron chi connectivity index (χ3n) is 3.70. The van der Waals surface area contributed by atoms with Crippen molar-refractivity contribution in [2.24, 2.45) is 0 Å². The highest BCUT2D eigenvalue weighted by Gasteiger charge is 2.18. The first-order chi connectivity index (χ1) is 11.1. The monoisotopic (exact) mass is 331 g/mol. The first kappa shape index (κ1) is 15.4. The van der Waals surface area contributed by atoms with Gasteiger partial charge in [-0.15, -0.1) is 11.3 Å². The highest BCUT2D eigenvalue weighted by Crippen LogP contribution is 2.28. The van der Waals surface area contributed by atoms with Crippen molar-refractivity contribution >= 4 is 29.0 Å². The van der Waals surface area contributed by atoms with Crippen molar-refractivity contribution in [2.45, 2.75) is 32.1 Å². The van der Waals surface area contributed by atoms with E-state index in [4.69, 9.17) is 5.73 Å². The summed E-state index contributed by atoms with van der Waals surface area (Å²) in [5.41, 5.74) is 11.5. The van der Waals surface area contributed by atoms with E-state index in [1.165, 1.54) is 40.6 Å². The first-order valence-electron chi connectivity index (χ1n) is 7.44. The molecule has 1 aliphatic carbocycles. The van der Waals surface area contributed by atoms with Crippen LogP contribution in [0, 0.1) is 0 Å². The Morgan fingerprint density at radius 2 is 1.78 bits per heavy atom. The summed E-state index contributed by atoms with van der Waals surface area (Å²) in [6.07, 6.45) is 8.35. The van der Waals surface area contributed by atoms with Crippen molar-refractivity contribution in [3.8, 4) is 0 Å². The van der Waals surface area contributed by atoms with E-state index in [0.29, 0.717) is 4.88 Å². The largest absolute Gasteiger partial charge is 0.382 e. The topological polar surface area (TPSA) is 110 Å². The lowest BCUT2D eigenvalue weighted by Gasteiger charge is -2.06. The van der Waals surface area contributed by atoms with Crippen LogP contribution in [0.3, 0.4) is 0 Å². The van der Waals surface area contributed by atoms with Crippen molar-refractivity contribution in [3.05, 3.63) is 39.5 Å². The average molecular weight is 331 g/mol. The molecule has 2 aromatic rings. The Morgan fingerprint density at radius 3 is 2.61 bits per heavy atom. The predicted octanol–water partition coefficient (Wildman–Crippen LogP) is 1.46. The number of hydrogen-bond donors (Lipinski definition) is 3. The lowest BCUT2D eigenvalue weighted by atomic mass is 10.1. The van der Waals surface area contributed by atoms with Crippen LogP contribution >= 0.6 is 11.3 Å². The van der Waals surface area contributed by atoms with E-state index < -0.39 is 5.91 Å². The number of thiophene rings is 1. The summed E-state index contributed by atoms with van der Waals surface area (Å²) in [5.74, 6) is -0.914. The maximum absolute atomic E-state index is 12.2. The molecule has 2 heterocycles. The van der Waals surface area contributed by atoms with Gasteiger partial charge in [0.1, 0.15) is 0 Å². The summed E-state index contributed by atoms with van der Waals surface area (Å²) in [4.78, 5) is 33.6. The molecule has 2 aromatic heterocycles. The first-order valence-corrected chi connectivity index (χ1v) is 8.25. The van der Waals surface area contributed by atoms with Gasteiger partial charge in [-0.05, 0) is 37.3 Å². The third kappa shape index (κ3) is 3.48. The lowest BCUT2D eigenvalue weighted by molar-refractivity contribution is 0.0846. The summed E-state index contributed by atoms with van der Waals surface area (Å²) in [7, 11) is 0. The zero-order chi connectivity index (χ0) is 16.2. The van der Waals surface area contributed by atoms with Crippen LogP contribution in [0.25, 0.3) is 0 Å². The fourth-order valence-corrected chi connectivity index (χ4v) is 3.69. The van der Waals surface area contributed by atoms with E-state index in [2.05, 4.69) is 20.8 Å². The van der Waals surface area contributed by atoms with Crippen LogP contribution in [0.2, 0.25) is 0 Å². The Bertz CT molecular complexity index is 720. The SMILES string of the molecule is Nc1nccnc1C(=O)NNC(=O)c1cc2c(s1)CCCCC2. The standard InChI is InChI=1S/C15H17N5O2S/c16-13-12(17-6-7-18-13)15(22)20-19-14(21)11-8-9-4-2-1-3-5-10(9)23-11/h6-8H,1-5H2,(H2,16,18)(H,19,21)(H,20,22). The minimum atomic E-state index is -0.595. The molecular formula is C15H17N5O2S. The zero-order valence-corrected chi connectivity index (χ0v) is 13.3. The van der Waals surface area contributed by atoms with Gasteiger partial charge < -0.3 is 5.73 Å². The van der Waals surface area contributed by atoms with Gasteiger partial charge >= 0.3 is 0 Å². The van der Waals surface area contributed by atoms with Crippen LogP contribution in [-0.4, -0.2) is 21.8 Å². The molecule has 0 spiro atoms. The number of fused-ring (bicyclic) bond motifs is 1. The van der Waals surface area contributed by atoms with Crippen LogP contribution in [0.4, 0.5) is 5.82 Å². The fourth-order valence-electron chi connectivity index (χ4n) is 2.54. The summed E-state index contributed by atoms with van der Waals surface area (Å²) >= 11 is 1.49. The second-order valence-electron chi connectivity index (χ2n) is 5.32. The fraction of sp³-hybridized carbons (Fsp3) is 0.333. The van der Waals surface area contributed by atoms with E-state index >= 15 is 0 Å². The van der Waals surface area contributed by atoms with Gasteiger partial charge in [-0.25, -0.2) is 9.97 Å².